The summed E-state index contributed by atoms with van der Waals surface area (Å²) in [7, 11) is 1.80. The van der Waals surface area contributed by atoms with Crippen LogP contribution in [-0.2, 0) is 9.53 Å². The zero-order valence-corrected chi connectivity index (χ0v) is 15.0. The van der Waals surface area contributed by atoms with E-state index in [2.05, 4.69) is 5.32 Å². The van der Waals surface area contributed by atoms with E-state index in [1.54, 1.807) is 31.3 Å². The third-order valence-corrected chi connectivity index (χ3v) is 4.42. The number of esters is 1. The second kappa shape index (κ2) is 9.52. The van der Waals surface area contributed by atoms with E-state index < -0.39 is 10.9 Å². The average molecular weight is 377 g/mol. The van der Waals surface area contributed by atoms with Crippen molar-refractivity contribution in [3.05, 3.63) is 56.8 Å². The highest BCUT2D eigenvalue weighted by Crippen LogP contribution is 2.18. The number of likely N-dealkylation sites (N-methyl/N-ethyl adjacent to an activating group) is 1. The maximum Gasteiger partial charge on any atom is 0.307 e. The van der Waals surface area contributed by atoms with E-state index in [1.165, 1.54) is 23.5 Å². The van der Waals surface area contributed by atoms with Gasteiger partial charge in [0.15, 0.2) is 0 Å². The predicted molar refractivity (Wildman–Crippen MR) is 98.6 cm³/mol. The number of non-ortho nitro benzene ring substituents is 1. The zero-order chi connectivity index (χ0) is 18.9. The molecule has 0 bridgehead atoms. The number of nitrogens with one attached hydrogen (secondary N) is 1. The summed E-state index contributed by atoms with van der Waals surface area (Å²) in [5.74, 6) is -0.598. The number of rotatable bonds is 9. The van der Waals surface area contributed by atoms with Crippen molar-refractivity contribution < 1.29 is 19.2 Å². The van der Waals surface area contributed by atoms with Gasteiger partial charge in [-0.3, -0.25) is 19.7 Å². The number of ether oxygens (including phenoxy) is 1. The van der Waals surface area contributed by atoms with Gasteiger partial charge >= 0.3 is 5.97 Å². The van der Waals surface area contributed by atoms with Crippen LogP contribution in [0.25, 0.3) is 0 Å². The van der Waals surface area contributed by atoms with Crippen molar-refractivity contribution in [3.8, 4) is 0 Å². The second-order valence-corrected chi connectivity index (χ2v) is 6.35. The minimum Gasteiger partial charge on any atom is -0.464 e. The molecule has 1 amide bonds. The monoisotopic (exact) mass is 377 g/mol. The molecule has 0 aliphatic carbocycles. The molecule has 0 saturated carbocycles. The van der Waals surface area contributed by atoms with Crippen molar-refractivity contribution in [2.24, 2.45) is 0 Å². The average Bonchev–Trinajstić information content (AvgIpc) is 3.16. The molecule has 0 aliphatic rings. The van der Waals surface area contributed by atoms with Crippen molar-refractivity contribution >= 4 is 34.6 Å². The molecular weight excluding hydrogens is 358 g/mol. The number of hydrogen-bond donors (Lipinski definition) is 1. The first-order valence-corrected chi connectivity index (χ1v) is 8.78. The van der Waals surface area contributed by atoms with Crippen LogP contribution in [0.15, 0.2) is 41.8 Å². The van der Waals surface area contributed by atoms with Crippen LogP contribution < -0.4 is 10.2 Å². The summed E-state index contributed by atoms with van der Waals surface area (Å²) in [6.07, 6.45) is 0.0956. The molecule has 1 heterocycles. The Morgan fingerprint density at radius 2 is 2.00 bits per heavy atom. The third-order valence-electron chi connectivity index (χ3n) is 3.55. The predicted octanol–water partition coefficient (Wildman–Crippen LogP) is 2.46. The number of nitro benzene ring substituents is 1. The maximum absolute atomic E-state index is 11.7. The fraction of sp³-hybridized carbons (Fsp3) is 0.294. The number of anilines is 1. The molecule has 9 heteroatoms. The molecule has 26 heavy (non-hydrogen) atoms. The summed E-state index contributed by atoms with van der Waals surface area (Å²) < 4.78 is 5.13. The van der Waals surface area contributed by atoms with Crippen LogP contribution in [0.3, 0.4) is 0 Å². The van der Waals surface area contributed by atoms with Gasteiger partial charge in [0, 0.05) is 31.4 Å². The first-order chi connectivity index (χ1) is 12.5. The fourth-order valence-electron chi connectivity index (χ4n) is 2.10. The summed E-state index contributed by atoms with van der Waals surface area (Å²) in [6.45, 7) is 0.851. The number of carbonyl (C=O) groups is 2. The van der Waals surface area contributed by atoms with Crippen molar-refractivity contribution in [2.45, 2.75) is 6.42 Å². The normalized spacial score (nSPS) is 10.2. The molecule has 1 aromatic heterocycles. The molecule has 138 valence electrons. The third kappa shape index (κ3) is 5.85. The van der Waals surface area contributed by atoms with Crippen LogP contribution >= 0.6 is 11.3 Å². The first-order valence-electron chi connectivity index (χ1n) is 7.90. The number of nitrogens with zero attached hydrogens (tertiary/aromatic N) is 2. The van der Waals surface area contributed by atoms with E-state index in [0.29, 0.717) is 11.4 Å². The van der Waals surface area contributed by atoms with E-state index in [9.17, 15) is 19.7 Å². The van der Waals surface area contributed by atoms with Crippen molar-refractivity contribution in [1.29, 1.82) is 0 Å². The molecule has 0 spiro atoms. The van der Waals surface area contributed by atoms with Gasteiger partial charge in [-0.15, -0.1) is 11.3 Å². The van der Waals surface area contributed by atoms with E-state index in [0.717, 1.165) is 5.69 Å². The molecule has 0 radical (unpaired) electrons. The largest absolute Gasteiger partial charge is 0.464 e. The molecule has 1 N–H and O–H groups in total. The fourth-order valence-corrected chi connectivity index (χ4v) is 2.74. The van der Waals surface area contributed by atoms with Crippen molar-refractivity contribution in [3.63, 3.8) is 0 Å². The zero-order valence-electron chi connectivity index (χ0n) is 14.2. The summed E-state index contributed by atoms with van der Waals surface area (Å²) >= 11 is 1.34. The van der Waals surface area contributed by atoms with Gasteiger partial charge < -0.3 is 15.0 Å². The van der Waals surface area contributed by atoms with Gasteiger partial charge in [-0.2, -0.15) is 0 Å². The van der Waals surface area contributed by atoms with Gasteiger partial charge in [0.25, 0.3) is 11.6 Å². The van der Waals surface area contributed by atoms with Crippen LogP contribution in [0.1, 0.15) is 16.1 Å². The molecule has 0 fully saturated rings. The van der Waals surface area contributed by atoms with Crippen LogP contribution in [0, 0.1) is 10.1 Å². The summed E-state index contributed by atoms with van der Waals surface area (Å²) in [6, 6.07) is 9.63. The Balaban J connectivity index is 1.64. The molecule has 0 saturated heterocycles. The Bertz CT molecular complexity index is 746. The highest BCUT2D eigenvalue weighted by Gasteiger charge is 2.09. The smallest absolute Gasteiger partial charge is 0.307 e. The van der Waals surface area contributed by atoms with Crippen molar-refractivity contribution in [2.75, 3.05) is 31.6 Å². The Morgan fingerprint density at radius 3 is 2.62 bits per heavy atom. The minimum atomic E-state index is -0.456. The number of hydrogen-bond acceptors (Lipinski definition) is 7. The SMILES string of the molecule is CN(CCOC(=O)CCNC(=O)c1cccs1)c1ccc([N+](=O)[O-])cc1. The Kier molecular flexibility index (Phi) is 7.10. The van der Waals surface area contributed by atoms with Gasteiger partial charge in [0.1, 0.15) is 6.61 Å². The first kappa shape index (κ1) is 19.4. The highest BCUT2D eigenvalue weighted by atomic mass is 32.1. The molecule has 8 nitrogen and oxygen atoms in total. The van der Waals surface area contributed by atoms with Crippen LogP contribution in [0.2, 0.25) is 0 Å². The molecule has 2 rings (SSSR count). The van der Waals surface area contributed by atoms with Gasteiger partial charge in [-0.1, -0.05) is 6.07 Å². The molecule has 1 aromatic carbocycles. The molecule has 0 atom stereocenters. The quantitative estimate of drug-likeness (QED) is 0.409. The number of amides is 1. The Labute approximate surface area is 154 Å². The molecule has 2 aromatic rings. The lowest BCUT2D eigenvalue weighted by Gasteiger charge is -2.18. The van der Waals surface area contributed by atoms with Gasteiger partial charge in [0.05, 0.1) is 22.8 Å². The van der Waals surface area contributed by atoms with E-state index in [1.807, 2.05) is 10.3 Å². The molecular formula is C17H19N3O5S. The lowest BCUT2D eigenvalue weighted by atomic mass is 10.2. The summed E-state index contributed by atoms with van der Waals surface area (Å²) in [5, 5.41) is 15.1. The maximum atomic E-state index is 11.7. The standard InChI is InChI=1S/C17H19N3O5S/c1-19(13-4-6-14(7-5-13)20(23)24)10-11-25-16(21)8-9-18-17(22)15-3-2-12-26-15/h2-7,12H,8-11H2,1H3,(H,18,22). The number of benzene rings is 1. The Morgan fingerprint density at radius 1 is 1.27 bits per heavy atom. The van der Waals surface area contributed by atoms with Gasteiger partial charge in [-0.05, 0) is 23.6 Å². The lowest BCUT2D eigenvalue weighted by molar-refractivity contribution is -0.384. The lowest BCUT2D eigenvalue weighted by Crippen LogP contribution is -2.27. The van der Waals surface area contributed by atoms with Crippen LogP contribution in [0.5, 0.6) is 0 Å². The Hall–Kier alpha value is -2.94. The van der Waals surface area contributed by atoms with Gasteiger partial charge in [-0.25, -0.2) is 0 Å². The highest BCUT2D eigenvalue weighted by molar-refractivity contribution is 7.12. The molecule has 0 aliphatic heterocycles. The van der Waals surface area contributed by atoms with E-state index >= 15 is 0 Å². The summed E-state index contributed by atoms with van der Waals surface area (Å²) in [5.41, 5.74) is 0.813. The number of nitro groups is 1. The minimum absolute atomic E-state index is 0.0261. The topological polar surface area (TPSA) is 102 Å². The number of carbonyl (C=O) groups excluding carboxylic acids is 2. The van der Waals surface area contributed by atoms with Crippen molar-refractivity contribution in [1.82, 2.24) is 5.32 Å². The number of thiophene rings is 1. The summed E-state index contributed by atoms with van der Waals surface area (Å²) in [4.78, 5) is 36.0. The van der Waals surface area contributed by atoms with Crippen LogP contribution in [-0.4, -0.2) is 43.5 Å². The molecule has 0 unspecified atom stereocenters. The second-order valence-electron chi connectivity index (χ2n) is 5.40. The van der Waals surface area contributed by atoms with Gasteiger partial charge in [0.2, 0.25) is 0 Å². The van der Waals surface area contributed by atoms with Crippen LogP contribution in [0.4, 0.5) is 11.4 Å². The van der Waals surface area contributed by atoms with E-state index in [-0.39, 0.29) is 31.2 Å². The van der Waals surface area contributed by atoms with E-state index in [4.69, 9.17) is 4.74 Å².